The highest BCUT2D eigenvalue weighted by Crippen LogP contribution is 2.33. The summed E-state index contributed by atoms with van der Waals surface area (Å²) in [6, 6.07) is 9.17. The van der Waals surface area contributed by atoms with E-state index in [9.17, 15) is 9.59 Å². The van der Waals surface area contributed by atoms with E-state index in [-0.39, 0.29) is 11.7 Å². The van der Waals surface area contributed by atoms with Crippen LogP contribution in [0.4, 0.5) is 0 Å². The van der Waals surface area contributed by atoms with Crippen molar-refractivity contribution in [3.8, 4) is 0 Å². The highest BCUT2D eigenvalue weighted by atomic mass is 16.5. The second kappa shape index (κ2) is 3.81. The number of ether oxygens (including phenoxy) is 1. The average Bonchev–Trinajstić information content (AvgIpc) is 2.57. The van der Waals surface area contributed by atoms with Gasteiger partial charge in [0.25, 0.3) is 0 Å². The van der Waals surface area contributed by atoms with Gasteiger partial charge in [0.15, 0.2) is 11.5 Å². The van der Waals surface area contributed by atoms with Crippen LogP contribution in [0.15, 0.2) is 42.3 Å². The van der Waals surface area contributed by atoms with Gasteiger partial charge in [-0.05, 0) is 6.92 Å². The molecule has 0 radical (unpaired) electrons. The first-order valence-electron chi connectivity index (χ1n) is 4.87. The minimum absolute atomic E-state index is 0.178. The molecule has 0 aliphatic carbocycles. The van der Waals surface area contributed by atoms with E-state index < -0.39 is 5.60 Å². The summed E-state index contributed by atoms with van der Waals surface area (Å²) in [7, 11) is 0. The van der Waals surface area contributed by atoms with E-state index in [0.717, 1.165) is 5.56 Å². The van der Waals surface area contributed by atoms with E-state index in [1.165, 1.54) is 6.08 Å². The Bertz CT molecular complexity index is 453. The Hall–Kier alpha value is -2.10. The minimum Gasteiger partial charge on any atom is -0.459 e. The van der Waals surface area contributed by atoms with Gasteiger partial charge in [-0.15, -0.1) is 0 Å². The van der Waals surface area contributed by atoms with Crippen molar-refractivity contribution < 1.29 is 14.3 Å². The predicted molar refractivity (Wildman–Crippen MR) is 57.2 cm³/mol. The summed E-state index contributed by atoms with van der Waals surface area (Å²) in [6.07, 6.45) is 1.78. The van der Waals surface area contributed by atoms with Gasteiger partial charge < -0.3 is 4.74 Å². The number of amides is 1. The summed E-state index contributed by atoms with van der Waals surface area (Å²) in [5.41, 5.74) is -0.272. The Morgan fingerprint density at radius 1 is 1.31 bits per heavy atom. The Labute approximate surface area is 92.9 Å². The molecule has 1 aromatic carbocycles. The molecule has 1 unspecified atom stereocenters. The number of hydrogen-bond donors (Lipinski definition) is 1. The van der Waals surface area contributed by atoms with E-state index in [1.807, 2.05) is 30.3 Å². The number of hydrogen-bond acceptors (Lipinski definition) is 3. The molecule has 4 heteroatoms. The van der Waals surface area contributed by atoms with Gasteiger partial charge in [-0.1, -0.05) is 30.3 Å². The highest BCUT2D eigenvalue weighted by molar-refractivity contribution is 6.00. The Balaban J connectivity index is 2.30. The number of rotatable bonds is 3. The summed E-state index contributed by atoms with van der Waals surface area (Å²) in [4.78, 5) is 22.1. The van der Waals surface area contributed by atoms with Crippen LogP contribution in [0.25, 0.3) is 0 Å². The third-order valence-corrected chi connectivity index (χ3v) is 2.57. The van der Waals surface area contributed by atoms with Gasteiger partial charge in [0.05, 0.1) is 0 Å². The molecule has 0 spiro atoms. The van der Waals surface area contributed by atoms with Crippen LogP contribution in [0, 0.1) is 0 Å². The standard InChI is InChI=1S/C12H11NO3/c1-12(9-5-3-2-4-6-9)10(15)7-11(16-12)13-8-14/h2-8H,1H3,(H,13,14). The van der Waals surface area contributed by atoms with Gasteiger partial charge in [0, 0.05) is 11.6 Å². The lowest BCUT2D eigenvalue weighted by Crippen LogP contribution is -2.30. The molecule has 0 fully saturated rings. The van der Waals surface area contributed by atoms with Crippen molar-refractivity contribution in [2.75, 3.05) is 0 Å². The van der Waals surface area contributed by atoms with Crippen LogP contribution in [0.3, 0.4) is 0 Å². The van der Waals surface area contributed by atoms with Crippen molar-refractivity contribution in [2.45, 2.75) is 12.5 Å². The van der Waals surface area contributed by atoms with Gasteiger partial charge in [0.1, 0.15) is 0 Å². The monoisotopic (exact) mass is 217 g/mol. The Morgan fingerprint density at radius 3 is 2.62 bits per heavy atom. The van der Waals surface area contributed by atoms with Crippen molar-refractivity contribution >= 4 is 12.2 Å². The minimum atomic E-state index is -1.04. The maximum absolute atomic E-state index is 11.8. The highest BCUT2D eigenvalue weighted by Gasteiger charge is 2.41. The van der Waals surface area contributed by atoms with Crippen molar-refractivity contribution in [1.29, 1.82) is 0 Å². The maximum atomic E-state index is 11.8. The van der Waals surface area contributed by atoms with Crippen molar-refractivity contribution in [3.63, 3.8) is 0 Å². The molecule has 82 valence electrons. The third kappa shape index (κ3) is 1.58. The van der Waals surface area contributed by atoms with Crippen LogP contribution >= 0.6 is 0 Å². The van der Waals surface area contributed by atoms with Crippen molar-refractivity contribution in [1.82, 2.24) is 5.32 Å². The quantitative estimate of drug-likeness (QED) is 0.771. The molecule has 2 rings (SSSR count). The number of carbonyl (C=O) groups is 2. The maximum Gasteiger partial charge on any atom is 0.213 e. The first kappa shape index (κ1) is 10.4. The van der Waals surface area contributed by atoms with E-state index in [0.29, 0.717) is 6.41 Å². The molecule has 1 aromatic rings. The van der Waals surface area contributed by atoms with Crippen molar-refractivity contribution in [3.05, 3.63) is 47.9 Å². The molecule has 0 saturated carbocycles. The third-order valence-electron chi connectivity index (χ3n) is 2.57. The molecule has 1 aliphatic heterocycles. The molecular weight excluding hydrogens is 206 g/mol. The topological polar surface area (TPSA) is 55.4 Å². The van der Waals surface area contributed by atoms with Crippen LogP contribution in [0.2, 0.25) is 0 Å². The largest absolute Gasteiger partial charge is 0.459 e. The summed E-state index contributed by atoms with van der Waals surface area (Å²) in [5, 5.41) is 2.34. The van der Waals surface area contributed by atoms with Gasteiger partial charge >= 0.3 is 0 Å². The molecule has 1 atom stereocenters. The second-order valence-corrected chi connectivity index (χ2v) is 3.64. The molecular formula is C12H11NO3. The molecule has 1 amide bonds. The lowest BCUT2D eigenvalue weighted by atomic mass is 9.92. The lowest BCUT2D eigenvalue weighted by molar-refractivity contribution is -0.130. The molecule has 0 saturated heterocycles. The van der Waals surface area contributed by atoms with Crippen LogP contribution in [0.5, 0.6) is 0 Å². The smallest absolute Gasteiger partial charge is 0.213 e. The van der Waals surface area contributed by atoms with Gasteiger partial charge in [-0.25, -0.2) is 0 Å². The summed E-state index contributed by atoms with van der Waals surface area (Å²) in [6.45, 7) is 1.68. The number of carbonyl (C=O) groups excluding carboxylic acids is 2. The van der Waals surface area contributed by atoms with E-state index in [1.54, 1.807) is 6.92 Å². The normalized spacial score (nSPS) is 23.6. The molecule has 1 aliphatic rings. The fourth-order valence-corrected chi connectivity index (χ4v) is 1.64. The summed E-state index contributed by atoms with van der Waals surface area (Å²) < 4.78 is 5.46. The Morgan fingerprint density at radius 2 is 2.00 bits per heavy atom. The zero-order valence-electron chi connectivity index (χ0n) is 8.77. The van der Waals surface area contributed by atoms with E-state index in [2.05, 4.69) is 5.32 Å². The van der Waals surface area contributed by atoms with Crippen LogP contribution in [-0.2, 0) is 19.9 Å². The number of ketones is 1. The fourth-order valence-electron chi connectivity index (χ4n) is 1.64. The SMILES string of the molecule is CC1(c2ccccc2)OC(NC=O)=CC1=O. The van der Waals surface area contributed by atoms with Gasteiger partial charge in [0.2, 0.25) is 12.2 Å². The fraction of sp³-hybridized carbons (Fsp3) is 0.167. The van der Waals surface area contributed by atoms with E-state index in [4.69, 9.17) is 4.74 Å². The van der Waals surface area contributed by atoms with Crippen molar-refractivity contribution in [2.24, 2.45) is 0 Å². The van der Waals surface area contributed by atoms with Crippen LogP contribution < -0.4 is 5.32 Å². The first-order valence-corrected chi connectivity index (χ1v) is 4.87. The molecule has 1 heterocycles. The van der Waals surface area contributed by atoms with Crippen LogP contribution in [0.1, 0.15) is 12.5 Å². The molecule has 16 heavy (non-hydrogen) atoms. The zero-order chi connectivity index (χ0) is 11.6. The van der Waals surface area contributed by atoms with Gasteiger partial charge in [-0.3, -0.25) is 14.9 Å². The number of benzene rings is 1. The summed E-state index contributed by atoms with van der Waals surface area (Å²) in [5.74, 6) is 0.00871. The zero-order valence-corrected chi connectivity index (χ0v) is 8.77. The summed E-state index contributed by atoms with van der Waals surface area (Å²) >= 11 is 0. The van der Waals surface area contributed by atoms with Gasteiger partial charge in [-0.2, -0.15) is 0 Å². The lowest BCUT2D eigenvalue weighted by Gasteiger charge is -2.23. The molecule has 0 aromatic heterocycles. The molecule has 1 N–H and O–H groups in total. The predicted octanol–water partition coefficient (Wildman–Crippen LogP) is 1.09. The molecule has 0 bridgehead atoms. The second-order valence-electron chi connectivity index (χ2n) is 3.64. The Kier molecular flexibility index (Phi) is 2.48. The van der Waals surface area contributed by atoms with E-state index >= 15 is 0 Å². The average molecular weight is 217 g/mol. The molecule has 4 nitrogen and oxygen atoms in total. The van der Waals surface area contributed by atoms with Crippen LogP contribution in [-0.4, -0.2) is 12.2 Å². The first-order chi connectivity index (χ1) is 7.66. The number of nitrogens with one attached hydrogen (secondary N) is 1.